The predicted octanol–water partition coefficient (Wildman–Crippen LogP) is 7.87. The SMILES string of the molecule is C=C(CCC(=C)N1Cc2ccccc2/C(C)=C(/NC)c2ccccc21)NCCCCCCCC. The summed E-state index contributed by atoms with van der Waals surface area (Å²) < 4.78 is 0. The molecule has 0 atom stereocenters. The number of rotatable bonds is 13. The minimum absolute atomic E-state index is 0.817. The Morgan fingerprint density at radius 1 is 0.882 bits per heavy atom. The topological polar surface area (TPSA) is 27.3 Å². The molecule has 0 bridgehead atoms. The molecular formula is C31H43N3. The van der Waals surface area contributed by atoms with Gasteiger partial charge in [0, 0.05) is 42.8 Å². The van der Waals surface area contributed by atoms with Gasteiger partial charge in [0.1, 0.15) is 0 Å². The maximum atomic E-state index is 4.52. The van der Waals surface area contributed by atoms with Gasteiger partial charge in [-0.2, -0.15) is 0 Å². The molecule has 2 aromatic carbocycles. The summed E-state index contributed by atoms with van der Waals surface area (Å²) in [5.74, 6) is 0. The molecule has 0 amide bonds. The van der Waals surface area contributed by atoms with Crippen LogP contribution in [0.25, 0.3) is 11.3 Å². The maximum absolute atomic E-state index is 4.52. The lowest BCUT2D eigenvalue weighted by Gasteiger charge is -2.33. The second-order valence-corrected chi connectivity index (χ2v) is 9.37. The summed E-state index contributed by atoms with van der Waals surface area (Å²) >= 11 is 0. The number of anilines is 1. The fourth-order valence-electron chi connectivity index (χ4n) is 4.83. The molecule has 0 unspecified atom stereocenters. The van der Waals surface area contributed by atoms with Crippen molar-refractivity contribution in [1.82, 2.24) is 10.6 Å². The van der Waals surface area contributed by atoms with Crippen LogP contribution in [0.2, 0.25) is 0 Å². The highest BCUT2D eigenvalue weighted by atomic mass is 15.1. The van der Waals surface area contributed by atoms with Gasteiger partial charge in [0.25, 0.3) is 0 Å². The van der Waals surface area contributed by atoms with Crippen molar-refractivity contribution in [1.29, 1.82) is 0 Å². The molecule has 2 aromatic rings. The van der Waals surface area contributed by atoms with Crippen molar-refractivity contribution in [3.63, 3.8) is 0 Å². The van der Waals surface area contributed by atoms with E-state index < -0.39 is 0 Å². The van der Waals surface area contributed by atoms with Crippen LogP contribution in [-0.2, 0) is 6.54 Å². The van der Waals surface area contributed by atoms with E-state index in [4.69, 9.17) is 0 Å². The molecule has 0 radical (unpaired) electrons. The first kappa shape index (κ1) is 25.7. The second kappa shape index (κ2) is 13.1. The number of hydrogen-bond acceptors (Lipinski definition) is 3. The van der Waals surface area contributed by atoms with Crippen LogP contribution in [-0.4, -0.2) is 13.6 Å². The number of hydrogen-bond donors (Lipinski definition) is 2. The zero-order valence-electron chi connectivity index (χ0n) is 21.6. The number of allylic oxidation sites excluding steroid dienone is 3. The third kappa shape index (κ3) is 6.56. The van der Waals surface area contributed by atoms with E-state index in [1.54, 1.807) is 0 Å². The molecule has 0 saturated carbocycles. The van der Waals surface area contributed by atoms with Crippen molar-refractivity contribution >= 4 is 17.0 Å². The van der Waals surface area contributed by atoms with Crippen LogP contribution in [0.3, 0.4) is 0 Å². The van der Waals surface area contributed by atoms with Gasteiger partial charge in [0.15, 0.2) is 0 Å². The van der Waals surface area contributed by atoms with E-state index in [1.165, 1.54) is 72.2 Å². The first-order valence-electron chi connectivity index (χ1n) is 13.0. The molecule has 0 saturated heterocycles. The molecular weight excluding hydrogens is 414 g/mol. The average molecular weight is 458 g/mol. The molecule has 3 rings (SSSR count). The molecule has 1 heterocycles. The van der Waals surface area contributed by atoms with Gasteiger partial charge in [-0.1, -0.05) is 94.7 Å². The maximum Gasteiger partial charge on any atom is 0.0505 e. The summed E-state index contributed by atoms with van der Waals surface area (Å²) in [5, 5.41) is 7.01. The van der Waals surface area contributed by atoms with E-state index in [0.29, 0.717) is 0 Å². The van der Waals surface area contributed by atoms with Crippen LogP contribution >= 0.6 is 0 Å². The van der Waals surface area contributed by atoms with Crippen molar-refractivity contribution < 1.29 is 0 Å². The fourth-order valence-corrected chi connectivity index (χ4v) is 4.83. The standard InChI is InChI=1S/C31H43N3/c1-6-7-8-9-10-15-22-33-24(2)20-21-25(3)34-23-27-16-11-12-17-28(27)26(4)31(32-5)29-18-13-14-19-30(29)34/h11-14,16-19,32-33H,2-3,6-10,15,20-23H2,1,4-5H3/b31-26+. The molecule has 1 aliphatic heterocycles. The summed E-state index contributed by atoms with van der Waals surface area (Å²) in [4.78, 5) is 2.39. The van der Waals surface area contributed by atoms with Crippen LogP contribution in [0.15, 0.2) is 73.1 Å². The molecule has 1 aliphatic rings. The average Bonchev–Trinajstić information content (AvgIpc) is 2.85. The molecule has 0 fully saturated rings. The van der Waals surface area contributed by atoms with E-state index in [2.05, 4.69) is 91.1 Å². The molecule has 0 aromatic heterocycles. The smallest absolute Gasteiger partial charge is 0.0505 e. The molecule has 0 aliphatic carbocycles. The third-order valence-corrected chi connectivity index (χ3v) is 6.84. The lowest BCUT2D eigenvalue weighted by Crippen LogP contribution is -2.26. The van der Waals surface area contributed by atoms with Gasteiger partial charge in [0.05, 0.1) is 5.69 Å². The van der Waals surface area contributed by atoms with E-state index in [9.17, 15) is 0 Å². The molecule has 3 heteroatoms. The highest BCUT2D eigenvalue weighted by Crippen LogP contribution is 2.38. The quantitative estimate of drug-likeness (QED) is 0.300. The number of unbranched alkanes of at least 4 members (excludes halogenated alkanes) is 5. The van der Waals surface area contributed by atoms with Crippen molar-refractivity contribution in [2.24, 2.45) is 0 Å². The van der Waals surface area contributed by atoms with Gasteiger partial charge in [-0.3, -0.25) is 0 Å². The Morgan fingerprint density at radius 3 is 2.32 bits per heavy atom. The van der Waals surface area contributed by atoms with Crippen molar-refractivity contribution in [3.8, 4) is 0 Å². The monoisotopic (exact) mass is 457 g/mol. The minimum atomic E-state index is 0.817. The van der Waals surface area contributed by atoms with E-state index >= 15 is 0 Å². The predicted molar refractivity (Wildman–Crippen MR) is 150 cm³/mol. The Labute approximate surface area is 207 Å². The summed E-state index contributed by atoms with van der Waals surface area (Å²) in [7, 11) is 2.01. The summed E-state index contributed by atoms with van der Waals surface area (Å²) in [5.41, 5.74) is 9.73. The minimum Gasteiger partial charge on any atom is -0.389 e. The lowest BCUT2D eigenvalue weighted by atomic mass is 9.92. The highest BCUT2D eigenvalue weighted by molar-refractivity contribution is 5.94. The largest absolute Gasteiger partial charge is 0.389 e. The van der Waals surface area contributed by atoms with E-state index in [1.807, 2.05) is 7.05 Å². The van der Waals surface area contributed by atoms with Gasteiger partial charge in [-0.15, -0.1) is 0 Å². The van der Waals surface area contributed by atoms with Gasteiger partial charge < -0.3 is 15.5 Å². The Morgan fingerprint density at radius 2 is 1.56 bits per heavy atom. The Bertz CT molecular complexity index is 1000. The first-order valence-corrected chi connectivity index (χ1v) is 13.0. The van der Waals surface area contributed by atoms with Crippen LogP contribution in [0.1, 0.15) is 81.9 Å². The number of para-hydroxylation sites is 1. The second-order valence-electron chi connectivity index (χ2n) is 9.37. The summed E-state index contributed by atoms with van der Waals surface area (Å²) in [6.45, 7) is 15.1. The summed E-state index contributed by atoms with van der Waals surface area (Å²) in [6.07, 6.45) is 9.68. The lowest BCUT2D eigenvalue weighted by molar-refractivity contribution is 0.588. The van der Waals surface area contributed by atoms with Crippen LogP contribution < -0.4 is 15.5 Å². The van der Waals surface area contributed by atoms with E-state index in [-0.39, 0.29) is 0 Å². The van der Waals surface area contributed by atoms with E-state index in [0.717, 1.165) is 37.3 Å². The van der Waals surface area contributed by atoms with Crippen molar-refractivity contribution in [3.05, 3.63) is 89.8 Å². The van der Waals surface area contributed by atoms with Gasteiger partial charge in [-0.05, 0) is 49.0 Å². The third-order valence-electron chi connectivity index (χ3n) is 6.84. The zero-order valence-corrected chi connectivity index (χ0v) is 21.6. The normalized spacial score (nSPS) is 15.1. The molecule has 0 spiro atoms. The number of nitrogens with zero attached hydrogens (tertiary/aromatic N) is 1. The van der Waals surface area contributed by atoms with Crippen molar-refractivity contribution in [2.45, 2.75) is 71.8 Å². The van der Waals surface area contributed by atoms with Crippen molar-refractivity contribution in [2.75, 3.05) is 18.5 Å². The number of fused-ring (bicyclic) bond motifs is 2. The molecule has 34 heavy (non-hydrogen) atoms. The Balaban J connectivity index is 1.68. The van der Waals surface area contributed by atoms with Crippen LogP contribution in [0, 0.1) is 0 Å². The highest BCUT2D eigenvalue weighted by Gasteiger charge is 2.22. The van der Waals surface area contributed by atoms with Gasteiger partial charge >= 0.3 is 0 Å². The fraction of sp³-hybridized carbons (Fsp3) is 0.419. The summed E-state index contributed by atoms with van der Waals surface area (Å²) in [6, 6.07) is 17.4. The first-order chi connectivity index (χ1) is 16.6. The van der Waals surface area contributed by atoms with Gasteiger partial charge in [0.2, 0.25) is 0 Å². The number of benzene rings is 2. The Kier molecular flexibility index (Phi) is 9.88. The van der Waals surface area contributed by atoms with Crippen LogP contribution in [0.5, 0.6) is 0 Å². The van der Waals surface area contributed by atoms with Gasteiger partial charge in [-0.25, -0.2) is 0 Å². The molecule has 182 valence electrons. The zero-order chi connectivity index (χ0) is 24.3. The van der Waals surface area contributed by atoms with Crippen LogP contribution in [0.4, 0.5) is 5.69 Å². The number of nitrogens with one attached hydrogen (secondary N) is 2. The molecule has 3 nitrogen and oxygen atoms in total. The Hall–Kier alpha value is -2.94. The molecule has 2 N–H and O–H groups in total.